The minimum Gasteiger partial charge on any atom is -0.350 e. The summed E-state index contributed by atoms with van der Waals surface area (Å²) in [5, 5.41) is 2.31. The molecule has 0 bridgehead atoms. The Morgan fingerprint density at radius 2 is 1.69 bits per heavy atom. The molecule has 0 atom stereocenters. The molecule has 0 spiro atoms. The second-order valence-corrected chi connectivity index (χ2v) is 8.90. The Kier molecular flexibility index (Phi) is 6.23. The third-order valence-corrected chi connectivity index (χ3v) is 5.49. The molecule has 1 heterocycles. The molecule has 1 aliphatic heterocycles. The van der Waals surface area contributed by atoms with Crippen LogP contribution in [0.3, 0.4) is 0 Å². The molecule has 1 aliphatic rings. The number of imide groups is 1. The summed E-state index contributed by atoms with van der Waals surface area (Å²) in [6.07, 6.45) is 1.69. The Hall–Kier alpha value is -2.86. The highest BCUT2D eigenvalue weighted by molar-refractivity contribution is 8.18. The number of rotatable bonds is 5. The molecule has 2 aromatic carbocycles. The molecule has 3 rings (SSSR count). The molecule has 1 fully saturated rings. The van der Waals surface area contributed by atoms with Crippen LogP contribution in [0.4, 0.5) is 4.79 Å². The number of hydrogen-bond acceptors (Lipinski definition) is 4. The average Bonchev–Trinajstić information content (AvgIpc) is 2.94. The van der Waals surface area contributed by atoms with Gasteiger partial charge in [-0.25, -0.2) is 0 Å². The summed E-state index contributed by atoms with van der Waals surface area (Å²) >= 11 is 0.861. The largest absolute Gasteiger partial charge is 0.350 e. The summed E-state index contributed by atoms with van der Waals surface area (Å²) in [7, 11) is 0. The normalized spacial score (nSPS) is 15.8. The van der Waals surface area contributed by atoms with Gasteiger partial charge in [-0.15, -0.1) is 0 Å². The molecule has 1 N–H and O–H groups in total. The minimum absolute atomic E-state index is 0.0451. The maximum Gasteiger partial charge on any atom is 0.294 e. The predicted octanol–water partition coefficient (Wildman–Crippen LogP) is 4.34. The van der Waals surface area contributed by atoms with Crippen molar-refractivity contribution in [3.05, 3.63) is 76.2 Å². The van der Waals surface area contributed by atoms with E-state index in [4.69, 9.17) is 0 Å². The first-order valence-electron chi connectivity index (χ1n) is 9.40. The molecule has 3 amide bonds. The smallest absolute Gasteiger partial charge is 0.294 e. The van der Waals surface area contributed by atoms with Crippen LogP contribution >= 0.6 is 11.8 Å². The molecule has 1 saturated heterocycles. The van der Waals surface area contributed by atoms with Gasteiger partial charge in [0, 0.05) is 6.54 Å². The van der Waals surface area contributed by atoms with Gasteiger partial charge in [0.2, 0.25) is 5.91 Å². The van der Waals surface area contributed by atoms with Gasteiger partial charge in [0.1, 0.15) is 6.54 Å². The van der Waals surface area contributed by atoms with Gasteiger partial charge in [0.15, 0.2) is 0 Å². The summed E-state index contributed by atoms with van der Waals surface area (Å²) in [6.45, 7) is 6.48. The molecular weight excluding hydrogens is 384 g/mol. The first-order chi connectivity index (χ1) is 13.7. The van der Waals surface area contributed by atoms with Crippen LogP contribution < -0.4 is 5.32 Å². The fraction of sp³-hybridized carbons (Fsp3) is 0.261. The van der Waals surface area contributed by atoms with E-state index in [-0.39, 0.29) is 17.9 Å². The zero-order valence-electron chi connectivity index (χ0n) is 16.8. The van der Waals surface area contributed by atoms with Crippen molar-refractivity contribution in [2.45, 2.75) is 32.7 Å². The Labute approximate surface area is 175 Å². The quantitative estimate of drug-likeness (QED) is 0.748. The number of carbonyl (C=O) groups is 3. The van der Waals surface area contributed by atoms with E-state index >= 15 is 0 Å². The predicted molar refractivity (Wildman–Crippen MR) is 116 cm³/mol. The van der Waals surface area contributed by atoms with E-state index in [0.717, 1.165) is 27.8 Å². The van der Waals surface area contributed by atoms with Gasteiger partial charge in [-0.2, -0.15) is 0 Å². The molecule has 0 aliphatic carbocycles. The van der Waals surface area contributed by atoms with E-state index in [9.17, 15) is 14.4 Å². The molecule has 0 unspecified atom stereocenters. The lowest BCUT2D eigenvalue weighted by molar-refractivity contribution is -0.129. The number of benzene rings is 2. The number of nitrogens with zero attached hydrogens (tertiary/aromatic N) is 1. The van der Waals surface area contributed by atoms with Crippen LogP contribution in [0, 0.1) is 0 Å². The monoisotopic (exact) mass is 408 g/mol. The van der Waals surface area contributed by atoms with Gasteiger partial charge in [-0.3, -0.25) is 19.3 Å². The van der Waals surface area contributed by atoms with Crippen molar-refractivity contribution in [1.29, 1.82) is 0 Å². The first-order valence-corrected chi connectivity index (χ1v) is 10.2. The van der Waals surface area contributed by atoms with Gasteiger partial charge in [-0.1, -0.05) is 75.4 Å². The number of amides is 3. The number of thioether (sulfide) groups is 1. The van der Waals surface area contributed by atoms with Gasteiger partial charge in [-0.05, 0) is 39.9 Å². The lowest BCUT2D eigenvalue weighted by Gasteiger charge is -2.18. The summed E-state index contributed by atoms with van der Waals surface area (Å²) in [5.41, 5.74) is 3.03. The Balaban J connectivity index is 1.63. The fourth-order valence-electron chi connectivity index (χ4n) is 2.86. The van der Waals surface area contributed by atoms with Crippen LogP contribution in [0.25, 0.3) is 6.08 Å². The zero-order chi connectivity index (χ0) is 21.0. The molecule has 5 nitrogen and oxygen atoms in total. The van der Waals surface area contributed by atoms with Crippen molar-refractivity contribution in [2.75, 3.05) is 6.54 Å². The second kappa shape index (κ2) is 8.66. The van der Waals surface area contributed by atoms with Crippen molar-refractivity contribution in [3.8, 4) is 0 Å². The van der Waals surface area contributed by atoms with Gasteiger partial charge in [0.25, 0.3) is 11.1 Å². The van der Waals surface area contributed by atoms with Crippen molar-refractivity contribution >= 4 is 34.9 Å². The van der Waals surface area contributed by atoms with E-state index in [1.807, 2.05) is 54.6 Å². The van der Waals surface area contributed by atoms with Gasteiger partial charge in [0.05, 0.1) is 4.91 Å². The molecule has 150 valence electrons. The van der Waals surface area contributed by atoms with Crippen molar-refractivity contribution in [2.24, 2.45) is 0 Å². The van der Waals surface area contributed by atoms with Crippen molar-refractivity contribution in [1.82, 2.24) is 10.2 Å². The molecule has 6 heteroatoms. The minimum atomic E-state index is -0.435. The van der Waals surface area contributed by atoms with E-state index in [1.54, 1.807) is 6.08 Å². The van der Waals surface area contributed by atoms with Crippen LogP contribution in [-0.4, -0.2) is 28.5 Å². The second-order valence-electron chi connectivity index (χ2n) is 7.90. The number of hydrogen-bond donors (Lipinski definition) is 1. The Morgan fingerprint density at radius 1 is 1.03 bits per heavy atom. The van der Waals surface area contributed by atoms with Crippen molar-refractivity contribution in [3.63, 3.8) is 0 Å². The van der Waals surface area contributed by atoms with Crippen LogP contribution in [0.2, 0.25) is 0 Å². The molecule has 29 heavy (non-hydrogen) atoms. The number of carbonyl (C=O) groups excluding carboxylic acids is 3. The van der Waals surface area contributed by atoms with E-state index < -0.39 is 11.1 Å². The van der Waals surface area contributed by atoms with E-state index in [2.05, 4.69) is 26.1 Å². The molecule has 0 saturated carbocycles. The standard InChI is InChI=1S/C23H24N2O3S/c1-23(2,3)18-11-9-16(10-12-18)13-19-21(27)25(22(28)29-19)15-20(26)24-14-17-7-5-4-6-8-17/h4-13H,14-15H2,1-3H3,(H,24,26)/b19-13-. The molecule has 2 aromatic rings. The zero-order valence-corrected chi connectivity index (χ0v) is 17.6. The summed E-state index contributed by atoms with van der Waals surface area (Å²) in [6, 6.07) is 17.4. The third-order valence-electron chi connectivity index (χ3n) is 4.58. The molecular formula is C23H24N2O3S. The van der Waals surface area contributed by atoms with Crippen LogP contribution in [-0.2, 0) is 21.5 Å². The average molecular weight is 409 g/mol. The Morgan fingerprint density at radius 3 is 2.31 bits per heavy atom. The van der Waals surface area contributed by atoms with Crippen LogP contribution in [0.15, 0.2) is 59.5 Å². The van der Waals surface area contributed by atoms with E-state index in [0.29, 0.717) is 11.4 Å². The van der Waals surface area contributed by atoms with Crippen molar-refractivity contribution < 1.29 is 14.4 Å². The highest BCUT2D eigenvalue weighted by Crippen LogP contribution is 2.32. The van der Waals surface area contributed by atoms with Gasteiger partial charge < -0.3 is 5.32 Å². The lowest BCUT2D eigenvalue weighted by Crippen LogP contribution is -2.39. The van der Waals surface area contributed by atoms with Crippen LogP contribution in [0.1, 0.15) is 37.5 Å². The maximum absolute atomic E-state index is 12.6. The molecule has 0 aromatic heterocycles. The summed E-state index contributed by atoms with van der Waals surface area (Å²) < 4.78 is 0. The van der Waals surface area contributed by atoms with Gasteiger partial charge >= 0.3 is 0 Å². The lowest BCUT2D eigenvalue weighted by atomic mass is 9.87. The molecule has 0 radical (unpaired) electrons. The SMILES string of the molecule is CC(C)(C)c1ccc(/C=C2\SC(=O)N(CC(=O)NCc3ccccc3)C2=O)cc1. The topological polar surface area (TPSA) is 66.5 Å². The fourth-order valence-corrected chi connectivity index (χ4v) is 3.70. The highest BCUT2D eigenvalue weighted by atomic mass is 32.2. The summed E-state index contributed by atoms with van der Waals surface area (Å²) in [5.74, 6) is -0.804. The Bertz CT molecular complexity index is 944. The first kappa shape index (κ1) is 20.9. The number of nitrogens with one attached hydrogen (secondary N) is 1. The van der Waals surface area contributed by atoms with Crippen LogP contribution in [0.5, 0.6) is 0 Å². The highest BCUT2D eigenvalue weighted by Gasteiger charge is 2.36. The summed E-state index contributed by atoms with van der Waals surface area (Å²) in [4.78, 5) is 38.3. The van der Waals surface area contributed by atoms with E-state index in [1.165, 1.54) is 5.56 Å². The third kappa shape index (κ3) is 5.35. The maximum atomic E-state index is 12.6.